The summed E-state index contributed by atoms with van der Waals surface area (Å²) in [6.45, 7) is 3.40. The normalized spacial score (nSPS) is 24.6. The molecule has 136 valence electrons. The Morgan fingerprint density at radius 2 is 2.08 bits per heavy atom. The van der Waals surface area contributed by atoms with Gasteiger partial charge in [0.25, 0.3) is 0 Å². The molecule has 6 nitrogen and oxygen atoms in total. The first-order chi connectivity index (χ1) is 12.1. The lowest BCUT2D eigenvalue weighted by atomic mass is 9.98. The molecule has 0 aliphatic carbocycles. The van der Waals surface area contributed by atoms with Gasteiger partial charge in [-0.3, -0.25) is 15.0 Å². The van der Waals surface area contributed by atoms with E-state index in [4.69, 9.17) is 0 Å². The van der Waals surface area contributed by atoms with Crippen LogP contribution < -0.4 is 10.9 Å². The molecule has 2 aliphatic rings. The van der Waals surface area contributed by atoms with Gasteiger partial charge in [-0.05, 0) is 25.3 Å². The number of likely N-dealkylation sites (N-methyl/N-ethyl adjacent to an activating group) is 1. The summed E-state index contributed by atoms with van der Waals surface area (Å²) in [6, 6.07) is 10.9. The van der Waals surface area contributed by atoms with E-state index in [1.807, 2.05) is 30.1 Å². The summed E-state index contributed by atoms with van der Waals surface area (Å²) in [7, 11) is 1.86. The van der Waals surface area contributed by atoms with Crippen molar-refractivity contribution in [2.75, 3.05) is 20.1 Å². The molecule has 2 saturated heterocycles. The summed E-state index contributed by atoms with van der Waals surface area (Å²) in [4.78, 5) is 27.8. The minimum absolute atomic E-state index is 0.0861. The van der Waals surface area contributed by atoms with Gasteiger partial charge in [0.05, 0.1) is 0 Å². The van der Waals surface area contributed by atoms with Crippen LogP contribution in [0, 0.1) is 0 Å². The van der Waals surface area contributed by atoms with Crippen molar-refractivity contribution in [3.05, 3.63) is 35.9 Å². The lowest BCUT2D eigenvalue weighted by Crippen LogP contribution is -2.48. The Morgan fingerprint density at radius 1 is 1.32 bits per heavy atom. The van der Waals surface area contributed by atoms with Crippen molar-refractivity contribution in [1.29, 1.82) is 0 Å². The number of hydrogen-bond acceptors (Lipinski definition) is 4. The van der Waals surface area contributed by atoms with Crippen molar-refractivity contribution in [2.45, 2.75) is 50.7 Å². The van der Waals surface area contributed by atoms with E-state index in [1.54, 1.807) is 4.90 Å². The predicted octanol–water partition coefficient (Wildman–Crippen LogP) is 1.45. The fourth-order valence-corrected chi connectivity index (χ4v) is 3.65. The van der Waals surface area contributed by atoms with Crippen molar-refractivity contribution in [3.63, 3.8) is 0 Å². The number of nitrogens with zero attached hydrogens (tertiary/aromatic N) is 2. The number of nitrogens with one attached hydrogen (secondary N) is 2. The first-order valence-electron chi connectivity index (χ1n) is 9.15. The highest BCUT2D eigenvalue weighted by atomic mass is 16.2. The Labute approximate surface area is 149 Å². The number of likely N-dealkylation sites (tertiary alicyclic amines) is 1. The van der Waals surface area contributed by atoms with Gasteiger partial charge in [0.1, 0.15) is 0 Å². The van der Waals surface area contributed by atoms with Crippen molar-refractivity contribution >= 4 is 11.8 Å². The number of amides is 2. The monoisotopic (exact) mass is 344 g/mol. The summed E-state index contributed by atoms with van der Waals surface area (Å²) >= 11 is 0. The number of benzene rings is 1. The Balaban J connectivity index is 1.49. The van der Waals surface area contributed by atoms with Crippen LogP contribution >= 0.6 is 0 Å². The SMILES string of the molecule is CC(C1CC(c2ccccc2)NN1)N(C)C(=O)CCN1CCCC1=O. The number of carbonyl (C=O) groups is 2. The average Bonchev–Trinajstić information content (AvgIpc) is 3.28. The molecule has 2 heterocycles. The van der Waals surface area contributed by atoms with Crippen molar-refractivity contribution in [2.24, 2.45) is 0 Å². The maximum atomic E-state index is 12.5. The van der Waals surface area contributed by atoms with E-state index >= 15 is 0 Å². The van der Waals surface area contributed by atoms with Gasteiger partial charge < -0.3 is 9.80 Å². The number of hydrazine groups is 1. The molecular formula is C19H28N4O2. The van der Waals surface area contributed by atoms with E-state index in [1.165, 1.54) is 5.56 Å². The van der Waals surface area contributed by atoms with Crippen LogP contribution in [0.15, 0.2) is 30.3 Å². The molecule has 2 amide bonds. The minimum atomic E-state index is 0.0861. The molecule has 0 aromatic heterocycles. The Bertz CT molecular complexity index is 607. The summed E-state index contributed by atoms with van der Waals surface area (Å²) in [5, 5.41) is 0. The second-order valence-corrected chi connectivity index (χ2v) is 7.07. The molecule has 0 radical (unpaired) electrons. The lowest BCUT2D eigenvalue weighted by molar-refractivity contribution is -0.133. The lowest BCUT2D eigenvalue weighted by Gasteiger charge is -2.30. The van der Waals surface area contributed by atoms with Gasteiger partial charge in [-0.1, -0.05) is 30.3 Å². The van der Waals surface area contributed by atoms with Gasteiger partial charge in [-0.15, -0.1) is 0 Å². The molecule has 2 fully saturated rings. The summed E-state index contributed by atoms with van der Waals surface area (Å²) in [5.74, 6) is 0.271. The third kappa shape index (κ3) is 4.19. The van der Waals surface area contributed by atoms with Gasteiger partial charge in [-0.2, -0.15) is 0 Å². The average molecular weight is 344 g/mol. The minimum Gasteiger partial charge on any atom is -0.342 e. The standard InChI is InChI=1S/C19H28N4O2/c1-14(16-13-17(21-20-16)15-7-4-3-5-8-15)22(2)18(24)10-12-23-11-6-9-19(23)25/h3-5,7-8,14,16-17,20-21H,6,9-13H2,1-2H3. The fourth-order valence-electron chi connectivity index (χ4n) is 3.65. The van der Waals surface area contributed by atoms with Crippen LogP contribution in [0.3, 0.4) is 0 Å². The maximum Gasteiger partial charge on any atom is 0.224 e. The number of carbonyl (C=O) groups excluding carboxylic acids is 2. The zero-order valence-electron chi connectivity index (χ0n) is 15.1. The second kappa shape index (κ2) is 7.97. The third-order valence-electron chi connectivity index (χ3n) is 5.49. The van der Waals surface area contributed by atoms with Crippen LogP contribution in [0.1, 0.15) is 44.2 Å². The van der Waals surface area contributed by atoms with Gasteiger partial charge in [0.15, 0.2) is 0 Å². The quantitative estimate of drug-likeness (QED) is 0.820. The first kappa shape index (κ1) is 17.9. The summed E-state index contributed by atoms with van der Waals surface area (Å²) in [6.07, 6.45) is 2.87. The summed E-state index contributed by atoms with van der Waals surface area (Å²) < 4.78 is 0. The van der Waals surface area contributed by atoms with Crippen molar-refractivity contribution < 1.29 is 9.59 Å². The molecular weight excluding hydrogens is 316 g/mol. The molecule has 2 N–H and O–H groups in total. The molecule has 0 saturated carbocycles. The van der Waals surface area contributed by atoms with Crippen molar-refractivity contribution in [3.8, 4) is 0 Å². The van der Waals surface area contributed by atoms with E-state index in [0.717, 1.165) is 19.4 Å². The van der Waals surface area contributed by atoms with Crippen LogP contribution in [0.2, 0.25) is 0 Å². The Hall–Kier alpha value is -1.92. The number of rotatable bonds is 6. The van der Waals surface area contributed by atoms with E-state index in [0.29, 0.717) is 19.4 Å². The van der Waals surface area contributed by atoms with Gasteiger partial charge >= 0.3 is 0 Å². The second-order valence-electron chi connectivity index (χ2n) is 7.07. The number of hydrogen-bond donors (Lipinski definition) is 2. The zero-order chi connectivity index (χ0) is 17.8. The van der Waals surface area contributed by atoms with Crippen LogP contribution in [0.25, 0.3) is 0 Å². The van der Waals surface area contributed by atoms with Crippen LogP contribution in [0.5, 0.6) is 0 Å². The Morgan fingerprint density at radius 3 is 2.76 bits per heavy atom. The molecule has 0 spiro atoms. The Kier molecular flexibility index (Phi) is 5.71. The van der Waals surface area contributed by atoms with Gasteiger partial charge in [-0.25, -0.2) is 5.43 Å². The van der Waals surface area contributed by atoms with E-state index < -0.39 is 0 Å². The molecule has 3 atom stereocenters. The van der Waals surface area contributed by atoms with E-state index in [-0.39, 0.29) is 29.9 Å². The van der Waals surface area contributed by atoms with Crippen molar-refractivity contribution in [1.82, 2.24) is 20.7 Å². The molecule has 25 heavy (non-hydrogen) atoms. The smallest absolute Gasteiger partial charge is 0.224 e. The molecule has 3 unspecified atom stereocenters. The van der Waals surface area contributed by atoms with Crippen LogP contribution in [-0.2, 0) is 9.59 Å². The van der Waals surface area contributed by atoms with Gasteiger partial charge in [0.2, 0.25) is 11.8 Å². The zero-order valence-corrected chi connectivity index (χ0v) is 15.1. The molecule has 1 aromatic rings. The molecule has 6 heteroatoms. The highest BCUT2D eigenvalue weighted by molar-refractivity contribution is 5.80. The first-order valence-corrected chi connectivity index (χ1v) is 9.15. The molecule has 2 aliphatic heterocycles. The molecule has 3 rings (SSSR count). The fraction of sp³-hybridized carbons (Fsp3) is 0.579. The summed E-state index contributed by atoms with van der Waals surface area (Å²) in [5.41, 5.74) is 7.93. The van der Waals surface area contributed by atoms with Gasteiger partial charge in [0, 0.05) is 51.1 Å². The van der Waals surface area contributed by atoms with E-state index in [2.05, 4.69) is 29.9 Å². The molecule has 1 aromatic carbocycles. The van der Waals surface area contributed by atoms with Crippen LogP contribution in [-0.4, -0.2) is 53.8 Å². The maximum absolute atomic E-state index is 12.5. The predicted molar refractivity (Wildman–Crippen MR) is 96.5 cm³/mol. The third-order valence-corrected chi connectivity index (χ3v) is 5.49. The van der Waals surface area contributed by atoms with Crippen LogP contribution in [0.4, 0.5) is 0 Å². The highest BCUT2D eigenvalue weighted by Gasteiger charge is 2.32. The topological polar surface area (TPSA) is 64.7 Å². The van der Waals surface area contributed by atoms with E-state index in [9.17, 15) is 9.59 Å². The largest absolute Gasteiger partial charge is 0.342 e. The highest BCUT2D eigenvalue weighted by Crippen LogP contribution is 2.24. The molecule has 0 bridgehead atoms.